The summed E-state index contributed by atoms with van der Waals surface area (Å²) in [7, 11) is 0.467. The van der Waals surface area contributed by atoms with E-state index in [1.165, 1.54) is 19.3 Å². The third kappa shape index (κ3) is 1.53. The summed E-state index contributed by atoms with van der Waals surface area (Å²) in [5.41, 5.74) is 1.59. The number of rotatable bonds is 0. The molecule has 0 bridgehead atoms. The van der Waals surface area contributed by atoms with Crippen molar-refractivity contribution in [3.8, 4) is 0 Å². The lowest BCUT2D eigenvalue weighted by molar-refractivity contribution is 0.536. The summed E-state index contributed by atoms with van der Waals surface area (Å²) in [6, 6.07) is 9.04. The predicted molar refractivity (Wildman–Crippen MR) is 67.4 cm³/mol. The van der Waals surface area contributed by atoms with E-state index >= 15 is 0 Å². The van der Waals surface area contributed by atoms with Crippen molar-refractivity contribution in [2.45, 2.75) is 29.4 Å². The third-order valence-electron chi connectivity index (χ3n) is 3.71. The first-order chi connectivity index (χ1) is 7.36. The van der Waals surface area contributed by atoms with Crippen molar-refractivity contribution in [2.24, 2.45) is 5.92 Å². The molecule has 0 fully saturated rings. The number of hydrogen-bond acceptors (Lipinski definition) is 0. The van der Waals surface area contributed by atoms with Gasteiger partial charge in [0.2, 0.25) is 0 Å². The zero-order chi connectivity index (χ0) is 10.3. The minimum atomic E-state index is 0.467. The summed E-state index contributed by atoms with van der Waals surface area (Å²) in [6.07, 6.45) is 11.2. The maximum absolute atomic E-state index is 2.47. The zero-order valence-electron chi connectivity index (χ0n) is 9.15. The fraction of sp³-hybridized carbons (Fsp3) is 0.429. The van der Waals surface area contributed by atoms with Gasteiger partial charge in [0.25, 0.3) is 0 Å². The van der Waals surface area contributed by atoms with Crippen molar-refractivity contribution in [2.75, 3.05) is 6.26 Å². The normalized spacial score (nSPS) is 33.3. The van der Waals surface area contributed by atoms with Crippen LogP contribution in [0.4, 0.5) is 0 Å². The molecule has 0 spiro atoms. The van der Waals surface area contributed by atoms with Gasteiger partial charge in [0, 0.05) is 22.4 Å². The fourth-order valence-corrected chi connectivity index (χ4v) is 5.30. The van der Waals surface area contributed by atoms with Gasteiger partial charge in [-0.05, 0) is 25.3 Å². The predicted octanol–water partition coefficient (Wildman–Crippen LogP) is 3.18. The minimum absolute atomic E-state index is 0.467. The van der Waals surface area contributed by atoms with Gasteiger partial charge in [-0.15, -0.1) is 0 Å². The molecule has 0 amide bonds. The molecule has 0 N–H and O–H groups in total. The highest BCUT2D eigenvalue weighted by atomic mass is 32.2. The third-order valence-corrected chi connectivity index (χ3v) is 6.29. The van der Waals surface area contributed by atoms with E-state index in [0.717, 1.165) is 11.2 Å². The van der Waals surface area contributed by atoms with Gasteiger partial charge in [0.05, 0.1) is 0 Å². The van der Waals surface area contributed by atoms with Crippen LogP contribution in [0, 0.1) is 5.92 Å². The first-order valence-corrected chi connectivity index (χ1v) is 7.45. The van der Waals surface area contributed by atoms with E-state index in [1.54, 1.807) is 10.5 Å². The summed E-state index contributed by atoms with van der Waals surface area (Å²) < 4.78 is 0. The van der Waals surface area contributed by atoms with Crippen LogP contribution >= 0.6 is 0 Å². The van der Waals surface area contributed by atoms with Crippen LogP contribution in [0.2, 0.25) is 0 Å². The molecule has 15 heavy (non-hydrogen) atoms. The molecule has 0 saturated heterocycles. The number of hydrogen-bond donors (Lipinski definition) is 0. The molecule has 3 unspecified atom stereocenters. The lowest BCUT2D eigenvalue weighted by Gasteiger charge is -2.31. The second-order valence-corrected chi connectivity index (χ2v) is 6.74. The fourth-order valence-electron chi connectivity index (χ4n) is 2.91. The molecule has 1 aliphatic heterocycles. The van der Waals surface area contributed by atoms with Crippen molar-refractivity contribution in [3.05, 3.63) is 42.0 Å². The van der Waals surface area contributed by atoms with Crippen molar-refractivity contribution in [1.29, 1.82) is 0 Å². The van der Waals surface area contributed by atoms with Crippen LogP contribution < -0.4 is 0 Å². The quantitative estimate of drug-likeness (QED) is 0.462. The summed E-state index contributed by atoms with van der Waals surface area (Å²) in [5, 5.41) is 0.921. The Bertz CT molecular complexity index is 394. The molecule has 1 aromatic rings. The smallest absolute Gasteiger partial charge is 0.0879 e. The summed E-state index contributed by atoms with van der Waals surface area (Å²) in [6.45, 7) is 0. The Hall–Kier alpha value is -0.690. The molecule has 3 rings (SSSR count). The van der Waals surface area contributed by atoms with E-state index in [1.807, 2.05) is 0 Å². The van der Waals surface area contributed by atoms with Gasteiger partial charge < -0.3 is 0 Å². The van der Waals surface area contributed by atoms with Gasteiger partial charge in [0.1, 0.15) is 11.5 Å². The van der Waals surface area contributed by atoms with Crippen LogP contribution in [-0.4, -0.2) is 11.5 Å². The molecule has 1 heterocycles. The average Bonchev–Trinajstić information content (AvgIpc) is 2.30. The SMILES string of the molecule is C[S+]1c2ccccc2CC2C=CCCC21. The van der Waals surface area contributed by atoms with Crippen LogP contribution in [0.3, 0.4) is 0 Å². The molecule has 2 aliphatic rings. The van der Waals surface area contributed by atoms with Gasteiger partial charge in [-0.1, -0.05) is 30.4 Å². The maximum Gasteiger partial charge on any atom is 0.158 e. The minimum Gasteiger partial charge on any atom is -0.0879 e. The Kier molecular flexibility index (Phi) is 2.36. The van der Waals surface area contributed by atoms with E-state index in [2.05, 4.69) is 42.7 Å². The number of fused-ring (bicyclic) bond motifs is 2. The van der Waals surface area contributed by atoms with E-state index < -0.39 is 0 Å². The Morgan fingerprint density at radius 2 is 2.13 bits per heavy atom. The second-order valence-electron chi connectivity index (χ2n) is 4.58. The van der Waals surface area contributed by atoms with E-state index in [0.29, 0.717) is 10.9 Å². The van der Waals surface area contributed by atoms with Gasteiger partial charge in [-0.3, -0.25) is 0 Å². The summed E-state index contributed by atoms with van der Waals surface area (Å²) in [4.78, 5) is 1.63. The van der Waals surface area contributed by atoms with Crippen molar-refractivity contribution < 1.29 is 0 Å². The lowest BCUT2D eigenvalue weighted by Crippen LogP contribution is -2.36. The van der Waals surface area contributed by atoms with Crippen molar-refractivity contribution >= 4 is 10.9 Å². The molecule has 3 atom stereocenters. The lowest BCUT2D eigenvalue weighted by atomic mass is 9.89. The van der Waals surface area contributed by atoms with Crippen LogP contribution in [0.15, 0.2) is 41.3 Å². The first kappa shape index (κ1) is 9.53. The second kappa shape index (κ2) is 3.71. The molecular weight excluding hydrogens is 200 g/mol. The van der Waals surface area contributed by atoms with E-state index in [9.17, 15) is 0 Å². The Morgan fingerprint density at radius 1 is 1.27 bits per heavy atom. The molecule has 0 aromatic heterocycles. The molecule has 0 nitrogen and oxygen atoms in total. The van der Waals surface area contributed by atoms with Gasteiger partial charge in [0.15, 0.2) is 4.90 Å². The highest BCUT2D eigenvalue weighted by molar-refractivity contribution is 7.97. The maximum atomic E-state index is 2.47. The molecule has 1 aliphatic carbocycles. The molecule has 1 heteroatoms. The topological polar surface area (TPSA) is 0 Å². The van der Waals surface area contributed by atoms with Crippen LogP contribution in [-0.2, 0) is 17.3 Å². The summed E-state index contributed by atoms with van der Waals surface area (Å²) >= 11 is 0. The zero-order valence-corrected chi connectivity index (χ0v) is 9.96. The van der Waals surface area contributed by atoms with Crippen molar-refractivity contribution in [3.63, 3.8) is 0 Å². The standard InChI is InChI=1S/C14H17S/c1-15-13-8-4-2-6-11(13)10-12-7-3-5-9-14(12)15/h2-4,6-8,12,14H,5,9-10H2,1H3/q+1. The van der Waals surface area contributed by atoms with Crippen molar-refractivity contribution in [1.82, 2.24) is 0 Å². The van der Waals surface area contributed by atoms with E-state index in [-0.39, 0.29) is 0 Å². The average molecular weight is 217 g/mol. The van der Waals surface area contributed by atoms with Gasteiger partial charge >= 0.3 is 0 Å². The monoisotopic (exact) mass is 217 g/mol. The Labute approximate surface area is 94.7 Å². The molecule has 78 valence electrons. The van der Waals surface area contributed by atoms with Gasteiger partial charge in [-0.2, -0.15) is 0 Å². The number of allylic oxidation sites excluding steroid dienone is 2. The summed E-state index contributed by atoms with van der Waals surface area (Å²) in [5.74, 6) is 0.821. The van der Waals surface area contributed by atoms with E-state index in [4.69, 9.17) is 0 Å². The molecule has 1 aromatic carbocycles. The highest BCUT2D eigenvalue weighted by Gasteiger charge is 2.41. The Morgan fingerprint density at radius 3 is 3.07 bits per heavy atom. The highest BCUT2D eigenvalue weighted by Crippen LogP contribution is 2.38. The van der Waals surface area contributed by atoms with Crippen LogP contribution in [0.5, 0.6) is 0 Å². The molecular formula is C14H17S+. The van der Waals surface area contributed by atoms with Crippen LogP contribution in [0.1, 0.15) is 18.4 Å². The Balaban J connectivity index is 2.03. The van der Waals surface area contributed by atoms with Crippen LogP contribution in [0.25, 0.3) is 0 Å². The number of benzene rings is 1. The van der Waals surface area contributed by atoms with Gasteiger partial charge in [-0.25, -0.2) is 0 Å². The largest absolute Gasteiger partial charge is 0.158 e. The first-order valence-electron chi connectivity index (χ1n) is 5.75. The molecule has 0 saturated carbocycles. The molecule has 0 radical (unpaired) electrons.